The van der Waals surface area contributed by atoms with Gasteiger partial charge in [-0.25, -0.2) is 0 Å². The lowest BCUT2D eigenvalue weighted by Crippen LogP contribution is -2.34. The number of halogens is 4. The molecule has 2 aromatic rings. The first-order valence-electron chi connectivity index (χ1n) is 8.13. The summed E-state index contributed by atoms with van der Waals surface area (Å²) >= 11 is 0. The lowest BCUT2D eigenvalue weighted by Gasteiger charge is -2.31. The normalized spacial score (nSPS) is 15.4. The highest BCUT2D eigenvalue weighted by Crippen LogP contribution is 2.30. The number of hydrogen-bond donors (Lipinski definition) is 0. The van der Waals surface area contributed by atoms with Crippen molar-refractivity contribution in [1.29, 1.82) is 0 Å². The van der Waals surface area contributed by atoms with Gasteiger partial charge < -0.3 is 9.64 Å². The van der Waals surface area contributed by atoms with Crippen molar-refractivity contribution < 1.29 is 22.3 Å². The predicted octanol–water partition coefficient (Wildman–Crippen LogP) is 4.07. The van der Waals surface area contributed by atoms with Crippen LogP contribution in [0.1, 0.15) is 18.4 Å². The summed E-state index contributed by atoms with van der Waals surface area (Å²) in [5, 5.41) is 0. The Morgan fingerprint density at radius 3 is 2.16 bits per heavy atom. The molecule has 0 N–H and O–H groups in total. The van der Waals surface area contributed by atoms with Crippen molar-refractivity contribution in [2.45, 2.75) is 19.4 Å². The molecule has 1 aliphatic rings. The van der Waals surface area contributed by atoms with E-state index >= 15 is 0 Å². The van der Waals surface area contributed by atoms with Gasteiger partial charge in [-0.1, -0.05) is 30.3 Å². The van der Waals surface area contributed by atoms with Gasteiger partial charge in [-0.05, 0) is 24.3 Å². The minimum atomic E-state index is -1.64. The molecule has 1 aliphatic heterocycles. The van der Waals surface area contributed by atoms with Crippen molar-refractivity contribution in [3.05, 3.63) is 59.4 Å². The van der Waals surface area contributed by atoms with E-state index in [1.54, 1.807) is 24.3 Å². The molecule has 3 rings (SSSR count). The highest BCUT2D eigenvalue weighted by Gasteiger charge is 2.28. The summed E-state index contributed by atoms with van der Waals surface area (Å²) in [6.45, 7) is 1.53. The molecular weight excluding hydrogens is 336 g/mol. The molecule has 1 aromatic carbocycles. The highest BCUT2D eigenvalue weighted by molar-refractivity contribution is 5.49. The van der Waals surface area contributed by atoms with E-state index in [1.807, 2.05) is 6.07 Å². The molecule has 0 unspecified atom stereocenters. The van der Waals surface area contributed by atoms with E-state index in [0.29, 0.717) is 13.2 Å². The minimum Gasteiger partial charge on any atom is -0.381 e. The molecule has 25 heavy (non-hydrogen) atoms. The quantitative estimate of drug-likeness (QED) is 0.598. The summed E-state index contributed by atoms with van der Waals surface area (Å²) in [6, 6.07) is 8.99. The van der Waals surface area contributed by atoms with Crippen molar-refractivity contribution in [3.63, 3.8) is 0 Å². The largest absolute Gasteiger partial charge is 0.381 e. The smallest absolute Gasteiger partial charge is 0.253 e. The van der Waals surface area contributed by atoms with Crippen LogP contribution in [0, 0.1) is 29.4 Å². The van der Waals surface area contributed by atoms with Gasteiger partial charge in [0.15, 0.2) is 0 Å². The Morgan fingerprint density at radius 1 is 0.960 bits per heavy atom. The lowest BCUT2D eigenvalue weighted by molar-refractivity contribution is 0.0680. The Labute approximate surface area is 143 Å². The van der Waals surface area contributed by atoms with E-state index in [1.165, 1.54) is 4.90 Å². The Balaban J connectivity index is 1.95. The predicted molar refractivity (Wildman–Crippen MR) is 85.1 cm³/mol. The third kappa shape index (κ3) is 4.10. The van der Waals surface area contributed by atoms with Crippen molar-refractivity contribution in [1.82, 2.24) is 4.98 Å². The molecule has 1 saturated heterocycles. The van der Waals surface area contributed by atoms with Crippen LogP contribution in [0.4, 0.5) is 23.2 Å². The van der Waals surface area contributed by atoms with Crippen LogP contribution in [0.5, 0.6) is 0 Å². The summed E-state index contributed by atoms with van der Waals surface area (Å²) < 4.78 is 60.9. The van der Waals surface area contributed by atoms with Gasteiger partial charge in [0.05, 0.1) is 0 Å². The number of anilines is 1. The highest BCUT2D eigenvalue weighted by atomic mass is 19.2. The Hall–Kier alpha value is -2.15. The monoisotopic (exact) mass is 354 g/mol. The van der Waals surface area contributed by atoms with E-state index < -0.39 is 29.2 Å². The van der Waals surface area contributed by atoms with Crippen molar-refractivity contribution >= 4 is 5.69 Å². The number of pyridine rings is 1. The van der Waals surface area contributed by atoms with Crippen molar-refractivity contribution in [2.75, 3.05) is 24.7 Å². The SMILES string of the molecule is Fc1nc(F)c(F)c(N(Cc2ccccc2)CC2CCOCC2)c1F. The zero-order valence-corrected chi connectivity index (χ0v) is 13.5. The average Bonchev–Trinajstić information content (AvgIpc) is 2.62. The van der Waals surface area contributed by atoms with E-state index in [0.717, 1.165) is 18.4 Å². The first-order valence-corrected chi connectivity index (χ1v) is 8.13. The van der Waals surface area contributed by atoms with Gasteiger partial charge in [0, 0.05) is 26.3 Å². The first-order chi connectivity index (χ1) is 12.1. The van der Waals surface area contributed by atoms with E-state index in [4.69, 9.17) is 4.74 Å². The van der Waals surface area contributed by atoms with Gasteiger partial charge >= 0.3 is 0 Å². The Kier molecular flexibility index (Phi) is 5.53. The second-order valence-corrected chi connectivity index (χ2v) is 6.09. The molecule has 0 radical (unpaired) electrons. The van der Waals surface area contributed by atoms with E-state index in [-0.39, 0.29) is 19.0 Å². The fourth-order valence-corrected chi connectivity index (χ4v) is 3.03. The zero-order chi connectivity index (χ0) is 17.8. The van der Waals surface area contributed by atoms with Gasteiger partial charge in [0.1, 0.15) is 5.69 Å². The number of nitrogens with zero attached hydrogens (tertiary/aromatic N) is 2. The second-order valence-electron chi connectivity index (χ2n) is 6.09. The number of rotatable bonds is 5. The van der Waals surface area contributed by atoms with Crippen LogP contribution in [-0.4, -0.2) is 24.7 Å². The maximum atomic E-state index is 14.2. The summed E-state index contributed by atoms with van der Waals surface area (Å²) in [6.07, 6.45) is 1.45. The third-order valence-corrected chi connectivity index (χ3v) is 4.33. The first kappa shape index (κ1) is 17.7. The Bertz CT molecular complexity index is 695. The van der Waals surface area contributed by atoms with Crippen LogP contribution in [0.15, 0.2) is 30.3 Å². The van der Waals surface area contributed by atoms with E-state index in [9.17, 15) is 17.6 Å². The molecule has 0 spiro atoms. The van der Waals surface area contributed by atoms with Crippen LogP contribution < -0.4 is 4.90 Å². The van der Waals surface area contributed by atoms with Gasteiger partial charge in [-0.2, -0.15) is 22.5 Å². The zero-order valence-electron chi connectivity index (χ0n) is 13.5. The minimum absolute atomic E-state index is 0.121. The summed E-state index contributed by atoms with van der Waals surface area (Å²) in [5.41, 5.74) is 0.0753. The third-order valence-electron chi connectivity index (χ3n) is 4.33. The van der Waals surface area contributed by atoms with Crippen LogP contribution in [0.3, 0.4) is 0 Å². The molecule has 7 heteroatoms. The topological polar surface area (TPSA) is 25.4 Å². The molecule has 0 aliphatic carbocycles. The summed E-state index contributed by atoms with van der Waals surface area (Å²) in [5.74, 6) is -6.10. The molecular formula is C18H18F4N2O. The molecule has 0 bridgehead atoms. The summed E-state index contributed by atoms with van der Waals surface area (Å²) in [7, 11) is 0. The maximum Gasteiger partial charge on any atom is 0.253 e. The summed E-state index contributed by atoms with van der Waals surface area (Å²) in [4.78, 5) is 3.99. The van der Waals surface area contributed by atoms with Crippen LogP contribution in [-0.2, 0) is 11.3 Å². The van der Waals surface area contributed by atoms with Crippen LogP contribution >= 0.6 is 0 Å². The fourth-order valence-electron chi connectivity index (χ4n) is 3.03. The molecule has 3 nitrogen and oxygen atoms in total. The second kappa shape index (κ2) is 7.82. The Morgan fingerprint density at radius 2 is 1.56 bits per heavy atom. The molecule has 2 heterocycles. The molecule has 0 amide bonds. The van der Waals surface area contributed by atoms with Crippen molar-refractivity contribution in [3.8, 4) is 0 Å². The molecule has 0 atom stereocenters. The van der Waals surface area contributed by atoms with Gasteiger partial charge in [-0.15, -0.1) is 0 Å². The van der Waals surface area contributed by atoms with Crippen molar-refractivity contribution in [2.24, 2.45) is 5.92 Å². The number of ether oxygens (including phenoxy) is 1. The van der Waals surface area contributed by atoms with E-state index in [2.05, 4.69) is 4.98 Å². The standard InChI is InChI=1S/C18H18F4N2O/c19-14-16(15(20)18(22)23-17(14)21)24(10-12-4-2-1-3-5-12)11-13-6-8-25-9-7-13/h1-5,13H,6-11H2. The number of aromatic nitrogens is 1. The van der Waals surface area contributed by atoms with Gasteiger partial charge in [0.25, 0.3) is 11.9 Å². The fraction of sp³-hybridized carbons (Fsp3) is 0.389. The number of hydrogen-bond acceptors (Lipinski definition) is 3. The molecule has 0 saturated carbocycles. The van der Waals surface area contributed by atoms with Gasteiger partial charge in [-0.3, -0.25) is 0 Å². The lowest BCUT2D eigenvalue weighted by atomic mass is 9.99. The van der Waals surface area contributed by atoms with Crippen LogP contribution in [0.2, 0.25) is 0 Å². The average molecular weight is 354 g/mol. The maximum absolute atomic E-state index is 14.2. The molecule has 1 aromatic heterocycles. The molecule has 134 valence electrons. The van der Waals surface area contributed by atoms with Crippen LogP contribution in [0.25, 0.3) is 0 Å². The number of benzene rings is 1. The van der Waals surface area contributed by atoms with Gasteiger partial charge in [0.2, 0.25) is 11.6 Å². The molecule has 1 fully saturated rings.